The van der Waals surface area contributed by atoms with E-state index in [0.29, 0.717) is 0 Å². The molecule has 94 valence electrons. The largest absolute Gasteiger partial charge is 0.352 e. The van der Waals surface area contributed by atoms with Crippen molar-refractivity contribution in [3.05, 3.63) is 46.8 Å². The third kappa shape index (κ3) is 2.99. The fraction of sp³-hybridized carbons (Fsp3) is 0.267. The predicted octanol–water partition coefficient (Wildman–Crippen LogP) is 3.86. The van der Waals surface area contributed by atoms with Gasteiger partial charge in [-0.15, -0.1) is 11.3 Å². The maximum atomic E-state index is 11.7. The van der Waals surface area contributed by atoms with Crippen molar-refractivity contribution in [1.82, 2.24) is 5.32 Å². The van der Waals surface area contributed by atoms with Gasteiger partial charge < -0.3 is 5.32 Å². The quantitative estimate of drug-likeness (QED) is 0.887. The third-order valence-electron chi connectivity index (χ3n) is 2.71. The first-order valence-corrected chi connectivity index (χ1v) is 6.97. The molecule has 2 aromatic rings. The lowest BCUT2D eigenvalue weighted by Gasteiger charge is -2.04. The first kappa shape index (κ1) is 12.8. The first-order chi connectivity index (χ1) is 8.70. The molecule has 0 spiro atoms. The number of hydrogen-bond acceptors (Lipinski definition) is 2. The Morgan fingerprint density at radius 3 is 2.44 bits per heavy atom. The lowest BCUT2D eigenvalue weighted by molar-refractivity contribution is 0.0953. The van der Waals surface area contributed by atoms with Crippen LogP contribution in [-0.2, 0) is 0 Å². The molecule has 0 saturated carbocycles. The van der Waals surface area contributed by atoms with E-state index in [1.807, 2.05) is 31.2 Å². The number of benzene rings is 1. The molecule has 2 nitrogen and oxygen atoms in total. The molecule has 2 rings (SSSR count). The van der Waals surface area contributed by atoms with E-state index >= 15 is 0 Å². The van der Waals surface area contributed by atoms with E-state index < -0.39 is 0 Å². The van der Waals surface area contributed by atoms with Crippen LogP contribution in [0.25, 0.3) is 10.4 Å². The Labute approximate surface area is 112 Å². The third-order valence-corrected chi connectivity index (χ3v) is 3.76. The Balaban J connectivity index is 2.12. The van der Waals surface area contributed by atoms with Crippen LogP contribution in [0.3, 0.4) is 0 Å². The molecule has 0 fully saturated rings. The number of rotatable bonds is 4. The Kier molecular flexibility index (Phi) is 4.15. The summed E-state index contributed by atoms with van der Waals surface area (Å²) in [5.41, 5.74) is 1.89. The van der Waals surface area contributed by atoms with Crippen LogP contribution in [0.4, 0.5) is 0 Å². The minimum absolute atomic E-state index is 0.00533. The summed E-state index contributed by atoms with van der Waals surface area (Å²) in [5.74, 6) is 0.00533. The van der Waals surface area contributed by atoms with E-state index in [1.54, 1.807) is 11.3 Å². The molecule has 0 saturated heterocycles. The smallest absolute Gasteiger partial charge is 0.251 e. The zero-order chi connectivity index (χ0) is 13.0. The van der Waals surface area contributed by atoms with Gasteiger partial charge in [0.05, 0.1) is 0 Å². The first-order valence-electron chi connectivity index (χ1n) is 6.16. The van der Waals surface area contributed by atoms with Crippen molar-refractivity contribution >= 4 is 17.2 Å². The van der Waals surface area contributed by atoms with Crippen LogP contribution in [-0.4, -0.2) is 12.5 Å². The van der Waals surface area contributed by atoms with Crippen LogP contribution >= 0.6 is 11.3 Å². The zero-order valence-electron chi connectivity index (χ0n) is 10.7. The molecule has 0 aliphatic heterocycles. The average molecular weight is 259 g/mol. The minimum Gasteiger partial charge on any atom is -0.352 e. The van der Waals surface area contributed by atoms with Crippen molar-refractivity contribution in [2.24, 2.45) is 0 Å². The second-order valence-corrected chi connectivity index (χ2v) is 5.53. The highest BCUT2D eigenvalue weighted by Crippen LogP contribution is 2.27. The predicted molar refractivity (Wildman–Crippen MR) is 77.1 cm³/mol. The lowest BCUT2D eigenvalue weighted by atomic mass is 10.1. The van der Waals surface area contributed by atoms with Gasteiger partial charge in [-0.3, -0.25) is 4.79 Å². The average Bonchev–Trinajstić information content (AvgIpc) is 2.83. The molecule has 0 unspecified atom stereocenters. The summed E-state index contributed by atoms with van der Waals surface area (Å²) in [6.07, 6.45) is 0.957. The molecule has 1 N–H and O–H groups in total. The fourth-order valence-corrected chi connectivity index (χ4v) is 2.59. The van der Waals surface area contributed by atoms with E-state index in [0.717, 1.165) is 18.5 Å². The maximum Gasteiger partial charge on any atom is 0.251 e. The standard InChI is InChI=1S/C15H17NOS/c1-3-10-16-15(17)13-7-5-12(6-8-13)14-9-4-11(2)18-14/h4-9H,3,10H2,1-2H3,(H,16,17). The number of thiophene rings is 1. The summed E-state index contributed by atoms with van der Waals surface area (Å²) in [5, 5.41) is 2.88. The van der Waals surface area contributed by atoms with E-state index in [2.05, 4.69) is 24.4 Å². The van der Waals surface area contributed by atoms with E-state index in [-0.39, 0.29) is 5.91 Å². The zero-order valence-corrected chi connectivity index (χ0v) is 11.5. The highest BCUT2D eigenvalue weighted by atomic mass is 32.1. The van der Waals surface area contributed by atoms with Gasteiger partial charge in [0.1, 0.15) is 0 Å². The van der Waals surface area contributed by atoms with Crippen molar-refractivity contribution in [1.29, 1.82) is 0 Å². The number of nitrogens with one attached hydrogen (secondary N) is 1. The molecule has 0 aliphatic carbocycles. The van der Waals surface area contributed by atoms with Gasteiger partial charge in [0.25, 0.3) is 5.91 Å². The Hall–Kier alpha value is -1.61. The number of carbonyl (C=O) groups is 1. The fourth-order valence-electron chi connectivity index (χ4n) is 1.72. The summed E-state index contributed by atoms with van der Waals surface area (Å²) < 4.78 is 0. The molecule has 1 amide bonds. The topological polar surface area (TPSA) is 29.1 Å². The Morgan fingerprint density at radius 1 is 1.17 bits per heavy atom. The van der Waals surface area contributed by atoms with Crippen LogP contribution in [0.15, 0.2) is 36.4 Å². The van der Waals surface area contributed by atoms with Gasteiger partial charge in [0, 0.05) is 21.9 Å². The lowest BCUT2D eigenvalue weighted by Crippen LogP contribution is -2.23. The highest BCUT2D eigenvalue weighted by Gasteiger charge is 2.05. The van der Waals surface area contributed by atoms with Crippen molar-refractivity contribution in [3.8, 4) is 10.4 Å². The summed E-state index contributed by atoms with van der Waals surface area (Å²) in [7, 11) is 0. The number of carbonyl (C=O) groups excluding carboxylic acids is 1. The molecule has 1 heterocycles. The monoisotopic (exact) mass is 259 g/mol. The van der Waals surface area contributed by atoms with Crippen molar-refractivity contribution in [3.63, 3.8) is 0 Å². The van der Waals surface area contributed by atoms with Gasteiger partial charge in [-0.05, 0) is 43.2 Å². The SMILES string of the molecule is CCCNC(=O)c1ccc(-c2ccc(C)s2)cc1. The molecule has 0 atom stereocenters. The van der Waals surface area contributed by atoms with Gasteiger partial charge in [-0.1, -0.05) is 19.1 Å². The summed E-state index contributed by atoms with van der Waals surface area (Å²) in [6.45, 7) is 4.87. The molecule has 0 aliphatic rings. The van der Waals surface area contributed by atoms with Crippen molar-refractivity contribution in [2.45, 2.75) is 20.3 Å². The van der Waals surface area contributed by atoms with E-state index in [9.17, 15) is 4.79 Å². The maximum absolute atomic E-state index is 11.7. The molecule has 3 heteroatoms. The Morgan fingerprint density at radius 2 is 1.89 bits per heavy atom. The molecule has 18 heavy (non-hydrogen) atoms. The summed E-state index contributed by atoms with van der Waals surface area (Å²) in [6, 6.07) is 12.0. The van der Waals surface area contributed by atoms with E-state index in [4.69, 9.17) is 0 Å². The van der Waals surface area contributed by atoms with Gasteiger partial charge in [0.15, 0.2) is 0 Å². The summed E-state index contributed by atoms with van der Waals surface area (Å²) >= 11 is 1.77. The van der Waals surface area contributed by atoms with Gasteiger partial charge in [-0.25, -0.2) is 0 Å². The number of hydrogen-bond donors (Lipinski definition) is 1. The van der Waals surface area contributed by atoms with Gasteiger partial charge >= 0.3 is 0 Å². The molecular weight excluding hydrogens is 242 g/mol. The Bertz CT molecular complexity index is 528. The minimum atomic E-state index is 0.00533. The highest BCUT2D eigenvalue weighted by molar-refractivity contribution is 7.15. The van der Waals surface area contributed by atoms with Crippen LogP contribution in [0.1, 0.15) is 28.6 Å². The van der Waals surface area contributed by atoms with Gasteiger partial charge in [-0.2, -0.15) is 0 Å². The molecule has 0 radical (unpaired) electrons. The molecule has 1 aromatic carbocycles. The van der Waals surface area contributed by atoms with Crippen molar-refractivity contribution < 1.29 is 4.79 Å². The number of aryl methyl sites for hydroxylation is 1. The van der Waals surface area contributed by atoms with E-state index in [1.165, 1.54) is 15.3 Å². The second-order valence-electron chi connectivity index (χ2n) is 4.24. The summed E-state index contributed by atoms with van der Waals surface area (Å²) in [4.78, 5) is 14.3. The van der Waals surface area contributed by atoms with Crippen LogP contribution in [0, 0.1) is 6.92 Å². The van der Waals surface area contributed by atoms with Crippen LogP contribution in [0.5, 0.6) is 0 Å². The molecule has 1 aromatic heterocycles. The van der Waals surface area contributed by atoms with Crippen LogP contribution in [0.2, 0.25) is 0 Å². The van der Waals surface area contributed by atoms with Crippen LogP contribution < -0.4 is 5.32 Å². The van der Waals surface area contributed by atoms with Crippen molar-refractivity contribution in [2.75, 3.05) is 6.54 Å². The second kappa shape index (κ2) is 5.83. The molecular formula is C15H17NOS. The molecule has 0 bridgehead atoms. The van der Waals surface area contributed by atoms with Gasteiger partial charge in [0.2, 0.25) is 0 Å². The number of amides is 1. The normalized spacial score (nSPS) is 10.3.